The first-order valence-electron chi connectivity index (χ1n) is 27.3. The highest BCUT2D eigenvalue weighted by molar-refractivity contribution is 5.77. The molecule has 0 saturated heterocycles. The maximum Gasteiger partial charge on any atom is 0.306 e. The first-order chi connectivity index (χ1) is 33.0. The quantitative estimate of drug-likeness (QED) is 0.0321. The SMILES string of the molecule is CC/C=C\C/C=C\C/C=C\C/C=C\C/C=C\C/C=C\CCC(=O)OC(C/C=C\C/C=C\C/C=C\C/C=C\CCCCC)CC(=O)NC(CO)C(O)CCCCCCCCCCCCCCCC. The fourth-order valence-corrected chi connectivity index (χ4v) is 7.44. The second kappa shape index (κ2) is 53.2. The van der Waals surface area contributed by atoms with Crippen LogP contribution in [0.2, 0.25) is 0 Å². The first-order valence-corrected chi connectivity index (χ1v) is 27.3. The number of aliphatic hydroxyl groups is 2. The lowest BCUT2D eigenvalue weighted by molar-refractivity contribution is -0.150. The number of hydrogen-bond donors (Lipinski definition) is 3. The molecule has 0 aromatic heterocycles. The third kappa shape index (κ3) is 48.5. The van der Waals surface area contributed by atoms with Crippen molar-refractivity contribution in [3.8, 4) is 0 Å². The molecule has 0 heterocycles. The van der Waals surface area contributed by atoms with E-state index >= 15 is 0 Å². The van der Waals surface area contributed by atoms with Crippen molar-refractivity contribution in [1.82, 2.24) is 5.32 Å². The largest absolute Gasteiger partial charge is 0.461 e. The van der Waals surface area contributed by atoms with Gasteiger partial charge in [-0.25, -0.2) is 0 Å². The van der Waals surface area contributed by atoms with Gasteiger partial charge in [-0.2, -0.15) is 0 Å². The average molecular weight is 928 g/mol. The Labute approximate surface area is 412 Å². The Bertz CT molecular complexity index is 1410. The molecule has 0 bridgehead atoms. The Balaban J connectivity index is 4.83. The van der Waals surface area contributed by atoms with Crippen molar-refractivity contribution in [1.29, 1.82) is 0 Å². The number of hydrogen-bond acceptors (Lipinski definition) is 5. The number of aliphatic hydroxyl groups excluding tert-OH is 2. The van der Waals surface area contributed by atoms with Crippen LogP contribution in [-0.2, 0) is 14.3 Å². The van der Waals surface area contributed by atoms with E-state index in [1.165, 1.54) is 89.9 Å². The number of ether oxygens (including phenoxy) is 1. The van der Waals surface area contributed by atoms with Gasteiger partial charge in [-0.15, -0.1) is 0 Å². The number of nitrogens with one attached hydrogen (secondary N) is 1. The minimum atomic E-state index is -0.831. The van der Waals surface area contributed by atoms with Gasteiger partial charge in [0.15, 0.2) is 0 Å². The van der Waals surface area contributed by atoms with Crippen molar-refractivity contribution >= 4 is 11.9 Å². The summed E-state index contributed by atoms with van der Waals surface area (Å²) in [4.78, 5) is 26.1. The number of rotatable bonds is 47. The van der Waals surface area contributed by atoms with E-state index in [0.29, 0.717) is 19.3 Å². The van der Waals surface area contributed by atoms with Gasteiger partial charge in [0.05, 0.1) is 25.2 Å². The standard InChI is InChI=1S/C61H101NO5/c1-4-7-10-13-16-19-22-25-28-29-30-31-33-36-39-42-45-48-51-54-61(66)67-57(52-49-46-43-40-37-34-32-26-23-20-17-14-11-8-5-2)55-60(65)62-58(56-63)59(64)53-50-47-44-41-38-35-27-24-21-18-15-12-9-6-3/h7,10,16-17,19-20,25-26,28,30-32,36-37,39-40,45-46,48-49,57-59,63-64H,4-6,8-9,11-15,18,21-24,27,29,33-35,38,41-44,47,50-56H2,1-3H3,(H,62,65)/b10-7-,19-16-,20-17-,28-25-,31-30-,32-26-,39-36-,40-37-,48-45-,49-46-. The molecule has 0 aromatic carbocycles. The van der Waals surface area contributed by atoms with E-state index in [1.807, 2.05) is 18.2 Å². The minimum Gasteiger partial charge on any atom is -0.461 e. The van der Waals surface area contributed by atoms with Gasteiger partial charge in [-0.3, -0.25) is 9.59 Å². The lowest BCUT2D eigenvalue weighted by Crippen LogP contribution is -2.46. The van der Waals surface area contributed by atoms with E-state index in [-0.39, 0.29) is 31.3 Å². The molecule has 0 aromatic rings. The predicted octanol–water partition coefficient (Wildman–Crippen LogP) is 16.8. The Morgan fingerprint density at radius 1 is 0.463 bits per heavy atom. The van der Waals surface area contributed by atoms with Crippen LogP contribution in [0.3, 0.4) is 0 Å². The zero-order valence-electron chi connectivity index (χ0n) is 43.2. The normalized spacial score (nSPS) is 14.2. The van der Waals surface area contributed by atoms with Gasteiger partial charge in [-0.05, 0) is 83.5 Å². The molecule has 0 saturated carbocycles. The van der Waals surface area contributed by atoms with Gasteiger partial charge in [0.25, 0.3) is 0 Å². The minimum absolute atomic E-state index is 0.0360. The number of allylic oxidation sites excluding steroid dienone is 19. The van der Waals surface area contributed by atoms with E-state index in [1.54, 1.807) is 0 Å². The van der Waals surface area contributed by atoms with Crippen LogP contribution in [0.1, 0.15) is 226 Å². The number of carbonyl (C=O) groups is 2. The van der Waals surface area contributed by atoms with Gasteiger partial charge >= 0.3 is 5.97 Å². The van der Waals surface area contributed by atoms with Crippen LogP contribution in [-0.4, -0.2) is 46.9 Å². The molecule has 67 heavy (non-hydrogen) atoms. The van der Waals surface area contributed by atoms with Crippen molar-refractivity contribution in [3.05, 3.63) is 122 Å². The van der Waals surface area contributed by atoms with Gasteiger partial charge in [0.1, 0.15) is 6.10 Å². The van der Waals surface area contributed by atoms with Gasteiger partial charge in [0.2, 0.25) is 5.91 Å². The van der Waals surface area contributed by atoms with Crippen LogP contribution >= 0.6 is 0 Å². The van der Waals surface area contributed by atoms with E-state index in [2.05, 4.69) is 129 Å². The highest BCUT2D eigenvalue weighted by Gasteiger charge is 2.23. The van der Waals surface area contributed by atoms with Crippen LogP contribution in [0.15, 0.2) is 122 Å². The summed E-state index contributed by atoms with van der Waals surface area (Å²) in [6, 6.07) is -0.754. The molecule has 0 spiro atoms. The Hall–Kier alpha value is -3.74. The summed E-state index contributed by atoms with van der Waals surface area (Å²) < 4.78 is 5.84. The van der Waals surface area contributed by atoms with Crippen LogP contribution in [0, 0.1) is 0 Å². The van der Waals surface area contributed by atoms with Gasteiger partial charge in [-0.1, -0.05) is 245 Å². The Morgan fingerprint density at radius 3 is 1.27 bits per heavy atom. The highest BCUT2D eigenvalue weighted by Crippen LogP contribution is 2.16. The molecule has 0 fully saturated rings. The highest BCUT2D eigenvalue weighted by atomic mass is 16.5. The van der Waals surface area contributed by atoms with Crippen LogP contribution in [0.5, 0.6) is 0 Å². The molecule has 3 unspecified atom stereocenters. The Morgan fingerprint density at radius 2 is 0.836 bits per heavy atom. The molecule has 6 nitrogen and oxygen atoms in total. The molecule has 1 amide bonds. The van der Waals surface area contributed by atoms with Gasteiger partial charge < -0.3 is 20.3 Å². The predicted molar refractivity (Wildman–Crippen MR) is 291 cm³/mol. The smallest absolute Gasteiger partial charge is 0.306 e. The van der Waals surface area contributed by atoms with Crippen molar-refractivity contribution in [2.24, 2.45) is 0 Å². The van der Waals surface area contributed by atoms with E-state index < -0.39 is 18.2 Å². The van der Waals surface area contributed by atoms with Crippen molar-refractivity contribution in [2.75, 3.05) is 6.61 Å². The number of carbonyl (C=O) groups excluding carboxylic acids is 2. The summed E-state index contributed by atoms with van der Waals surface area (Å²) >= 11 is 0. The fourth-order valence-electron chi connectivity index (χ4n) is 7.44. The number of esters is 1. The van der Waals surface area contributed by atoms with E-state index in [4.69, 9.17) is 4.74 Å². The van der Waals surface area contributed by atoms with Crippen LogP contribution < -0.4 is 5.32 Å². The zero-order valence-corrected chi connectivity index (χ0v) is 43.2. The molecular formula is C61H101NO5. The summed E-state index contributed by atoms with van der Waals surface area (Å²) in [5.74, 6) is -0.686. The number of amides is 1. The van der Waals surface area contributed by atoms with E-state index in [9.17, 15) is 19.8 Å². The second-order valence-corrected chi connectivity index (χ2v) is 17.9. The first kappa shape index (κ1) is 63.3. The zero-order chi connectivity index (χ0) is 48.8. The number of unbranched alkanes of at least 4 members (excludes halogenated alkanes) is 16. The average Bonchev–Trinajstić information content (AvgIpc) is 3.32. The van der Waals surface area contributed by atoms with Crippen LogP contribution in [0.4, 0.5) is 0 Å². The lowest BCUT2D eigenvalue weighted by Gasteiger charge is -2.24. The molecule has 0 radical (unpaired) electrons. The molecule has 0 aliphatic carbocycles. The molecule has 0 aliphatic rings. The third-order valence-electron chi connectivity index (χ3n) is 11.5. The second-order valence-electron chi connectivity index (χ2n) is 17.9. The molecule has 6 heteroatoms. The summed E-state index contributed by atoms with van der Waals surface area (Å²) in [5.41, 5.74) is 0. The summed E-state index contributed by atoms with van der Waals surface area (Å²) in [5, 5.41) is 23.8. The monoisotopic (exact) mass is 928 g/mol. The molecule has 0 rings (SSSR count). The maximum atomic E-state index is 13.2. The van der Waals surface area contributed by atoms with Gasteiger partial charge in [0, 0.05) is 12.8 Å². The molecule has 3 atom stereocenters. The topological polar surface area (TPSA) is 95.9 Å². The van der Waals surface area contributed by atoms with Crippen LogP contribution in [0.25, 0.3) is 0 Å². The summed E-state index contributed by atoms with van der Waals surface area (Å²) in [6.07, 6.45) is 74.2. The Kier molecular flexibility index (Phi) is 50.2. The summed E-state index contributed by atoms with van der Waals surface area (Å²) in [6.45, 7) is 6.29. The molecule has 3 N–H and O–H groups in total. The summed E-state index contributed by atoms with van der Waals surface area (Å²) in [7, 11) is 0. The molecule has 380 valence electrons. The van der Waals surface area contributed by atoms with E-state index in [0.717, 1.165) is 83.5 Å². The van der Waals surface area contributed by atoms with Crippen molar-refractivity contribution in [3.63, 3.8) is 0 Å². The third-order valence-corrected chi connectivity index (χ3v) is 11.5. The lowest BCUT2D eigenvalue weighted by atomic mass is 10.0. The van der Waals surface area contributed by atoms with Crippen molar-refractivity contribution < 1.29 is 24.5 Å². The van der Waals surface area contributed by atoms with Crippen molar-refractivity contribution in [2.45, 2.75) is 244 Å². The molecular weight excluding hydrogens is 827 g/mol. The molecule has 0 aliphatic heterocycles. The fraction of sp³-hybridized carbons (Fsp3) is 0.639. The maximum absolute atomic E-state index is 13.2.